The van der Waals surface area contributed by atoms with Gasteiger partial charge in [0.1, 0.15) is 11.4 Å². The van der Waals surface area contributed by atoms with E-state index in [-0.39, 0.29) is 22.5 Å². The first-order chi connectivity index (χ1) is 14.8. The van der Waals surface area contributed by atoms with Gasteiger partial charge in [0.05, 0.1) is 22.7 Å². The Morgan fingerprint density at radius 3 is 2.48 bits per heavy atom. The van der Waals surface area contributed by atoms with E-state index < -0.39 is 28.9 Å². The van der Waals surface area contributed by atoms with Gasteiger partial charge in [0.15, 0.2) is 0 Å². The van der Waals surface area contributed by atoms with Crippen molar-refractivity contribution < 1.29 is 14.3 Å². The van der Waals surface area contributed by atoms with E-state index in [0.29, 0.717) is 10.7 Å². The SMILES string of the molecule is CC1=NN(c2ccc(F)cc2)C(=O)/C1=C/c1c(O)n(-c2cccc(Cl)c2)c(=O)[nH]c1=O. The number of aromatic nitrogens is 2. The Kier molecular flexibility index (Phi) is 5.04. The van der Waals surface area contributed by atoms with Crippen LogP contribution in [0.4, 0.5) is 10.1 Å². The molecule has 1 aliphatic heterocycles. The van der Waals surface area contributed by atoms with Crippen LogP contribution in [0.5, 0.6) is 5.88 Å². The third kappa shape index (κ3) is 3.66. The number of nitrogens with zero attached hydrogens (tertiary/aromatic N) is 3. The number of nitrogens with one attached hydrogen (secondary N) is 1. The third-order valence-electron chi connectivity index (χ3n) is 4.61. The van der Waals surface area contributed by atoms with Crippen molar-refractivity contribution in [3.8, 4) is 11.6 Å². The average molecular weight is 441 g/mol. The summed E-state index contributed by atoms with van der Waals surface area (Å²) in [4.78, 5) is 39.7. The van der Waals surface area contributed by atoms with Crippen LogP contribution in [0.2, 0.25) is 5.02 Å². The standard InChI is InChI=1S/C21H14ClFN4O4/c1-11-16(20(30)27(25-11)14-7-5-13(23)6-8-14)10-17-18(28)24-21(31)26(19(17)29)15-4-2-3-12(22)9-15/h2-10,29H,1H3,(H,24,28,31)/b16-10+. The summed E-state index contributed by atoms with van der Waals surface area (Å²) >= 11 is 5.96. The number of aromatic amines is 1. The van der Waals surface area contributed by atoms with Gasteiger partial charge in [0.2, 0.25) is 5.88 Å². The Hall–Kier alpha value is -3.98. The molecule has 1 aliphatic rings. The summed E-state index contributed by atoms with van der Waals surface area (Å²) < 4.78 is 14.0. The minimum atomic E-state index is -0.880. The molecule has 3 aromatic rings. The molecular weight excluding hydrogens is 427 g/mol. The summed E-state index contributed by atoms with van der Waals surface area (Å²) in [6.45, 7) is 1.55. The van der Waals surface area contributed by atoms with Gasteiger partial charge in [-0.25, -0.2) is 13.8 Å². The molecule has 0 fully saturated rings. The molecule has 31 heavy (non-hydrogen) atoms. The number of carbonyl (C=O) groups excluding carboxylic acids is 1. The molecule has 0 saturated heterocycles. The van der Waals surface area contributed by atoms with Crippen molar-refractivity contribution in [1.82, 2.24) is 9.55 Å². The monoisotopic (exact) mass is 440 g/mol. The lowest BCUT2D eigenvalue weighted by Crippen LogP contribution is -2.30. The molecule has 0 spiro atoms. The molecule has 0 saturated carbocycles. The predicted octanol–water partition coefficient (Wildman–Crippen LogP) is 2.83. The van der Waals surface area contributed by atoms with Crippen molar-refractivity contribution >= 4 is 35.0 Å². The molecule has 0 unspecified atom stereocenters. The number of amides is 1. The molecule has 0 atom stereocenters. The van der Waals surface area contributed by atoms with Gasteiger partial charge < -0.3 is 5.11 Å². The molecule has 0 aliphatic carbocycles. The Morgan fingerprint density at radius 1 is 1.10 bits per heavy atom. The zero-order valence-corrected chi connectivity index (χ0v) is 16.7. The number of carbonyl (C=O) groups is 1. The first-order valence-electron chi connectivity index (χ1n) is 8.98. The minimum absolute atomic E-state index is 0.0291. The van der Waals surface area contributed by atoms with E-state index in [4.69, 9.17) is 11.6 Å². The highest BCUT2D eigenvalue weighted by Gasteiger charge is 2.30. The molecular formula is C21H14ClFN4O4. The summed E-state index contributed by atoms with van der Waals surface area (Å²) in [7, 11) is 0. The van der Waals surface area contributed by atoms with Gasteiger partial charge >= 0.3 is 5.69 Å². The number of hydrazone groups is 1. The lowest BCUT2D eigenvalue weighted by Gasteiger charge is -2.12. The van der Waals surface area contributed by atoms with Crippen LogP contribution in [0.3, 0.4) is 0 Å². The van der Waals surface area contributed by atoms with Crippen LogP contribution < -0.4 is 16.3 Å². The fraction of sp³-hybridized carbons (Fsp3) is 0.0476. The molecule has 2 aromatic carbocycles. The molecule has 10 heteroatoms. The van der Waals surface area contributed by atoms with E-state index in [9.17, 15) is 23.9 Å². The summed E-state index contributed by atoms with van der Waals surface area (Å²) in [5, 5.41) is 16.2. The van der Waals surface area contributed by atoms with Gasteiger partial charge in [0, 0.05) is 5.02 Å². The van der Waals surface area contributed by atoms with Crippen molar-refractivity contribution in [2.75, 3.05) is 5.01 Å². The molecule has 1 aromatic heterocycles. The summed E-state index contributed by atoms with van der Waals surface area (Å²) in [6.07, 6.45) is 1.15. The molecule has 0 bridgehead atoms. The second-order valence-corrected chi connectivity index (χ2v) is 7.09. The normalized spacial score (nSPS) is 14.9. The smallest absolute Gasteiger partial charge is 0.335 e. The van der Waals surface area contributed by atoms with Gasteiger partial charge in [0.25, 0.3) is 11.5 Å². The Labute approximate surface area is 179 Å². The number of rotatable bonds is 3. The maximum atomic E-state index is 13.2. The van der Waals surface area contributed by atoms with Crippen molar-refractivity contribution in [3.05, 3.63) is 91.3 Å². The van der Waals surface area contributed by atoms with Gasteiger partial charge in [-0.15, -0.1) is 0 Å². The Bertz CT molecular complexity index is 1390. The maximum Gasteiger partial charge on any atom is 0.335 e. The van der Waals surface area contributed by atoms with Crippen LogP contribution in [0.25, 0.3) is 11.8 Å². The zero-order valence-electron chi connectivity index (χ0n) is 16.0. The molecule has 1 amide bonds. The quantitative estimate of drug-likeness (QED) is 0.610. The van der Waals surface area contributed by atoms with Gasteiger partial charge in [-0.3, -0.25) is 14.6 Å². The molecule has 2 heterocycles. The lowest BCUT2D eigenvalue weighted by atomic mass is 10.1. The molecule has 2 N–H and O–H groups in total. The number of aromatic hydroxyl groups is 1. The van der Waals surface area contributed by atoms with Crippen LogP contribution in [-0.4, -0.2) is 26.3 Å². The van der Waals surface area contributed by atoms with E-state index in [0.717, 1.165) is 15.7 Å². The second-order valence-electron chi connectivity index (χ2n) is 6.65. The van der Waals surface area contributed by atoms with E-state index in [1.54, 1.807) is 19.1 Å². The Morgan fingerprint density at radius 2 is 1.81 bits per heavy atom. The number of anilines is 1. The first-order valence-corrected chi connectivity index (χ1v) is 9.35. The van der Waals surface area contributed by atoms with Crippen LogP contribution in [-0.2, 0) is 4.79 Å². The van der Waals surface area contributed by atoms with Crippen molar-refractivity contribution in [2.45, 2.75) is 6.92 Å². The van der Waals surface area contributed by atoms with Crippen LogP contribution in [0.15, 0.2) is 68.8 Å². The first kappa shape index (κ1) is 20.3. The second kappa shape index (κ2) is 7.69. The topological polar surface area (TPSA) is 108 Å². The molecule has 156 valence electrons. The van der Waals surface area contributed by atoms with Crippen LogP contribution in [0.1, 0.15) is 12.5 Å². The van der Waals surface area contributed by atoms with Crippen molar-refractivity contribution in [1.29, 1.82) is 0 Å². The highest BCUT2D eigenvalue weighted by atomic mass is 35.5. The zero-order chi connectivity index (χ0) is 22.3. The summed E-state index contributed by atoms with van der Waals surface area (Å²) in [5.74, 6) is -1.71. The summed E-state index contributed by atoms with van der Waals surface area (Å²) in [5.41, 5.74) is -1.20. The molecule has 0 radical (unpaired) electrons. The van der Waals surface area contributed by atoms with Crippen molar-refractivity contribution in [2.24, 2.45) is 5.10 Å². The maximum absolute atomic E-state index is 13.2. The fourth-order valence-corrected chi connectivity index (χ4v) is 3.29. The number of hydrogen-bond acceptors (Lipinski definition) is 5. The van der Waals surface area contributed by atoms with Crippen molar-refractivity contribution in [3.63, 3.8) is 0 Å². The fourth-order valence-electron chi connectivity index (χ4n) is 3.11. The number of hydrogen-bond donors (Lipinski definition) is 2. The lowest BCUT2D eigenvalue weighted by molar-refractivity contribution is -0.114. The molecule has 4 rings (SSSR count). The Balaban J connectivity index is 1.82. The molecule has 8 nitrogen and oxygen atoms in total. The summed E-state index contributed by atoms with van der Waals surface area (Å²) in [6, 6.07) is 11.3. The number of H-pyrrole nitrogens is 1. The van der Waals surface area contributed by atoms with E-state index in [1.165, 1.54) is 36.4 Å². The van der Waals surface area contributed by atoms with E-state index in [1.807, 2.05) is 0 Å². The predicted molar refractivity (Wildman–Crippen MR) is 114 cm³/mol. The third-order valence-corrected chi connectivity index (χ3v) is 4.84. The highest BCUT2D eigenvalue weighted by Crippen LogP contribution is 2.27. The number of benzene rings is 2. The van der Waals surface area contributed by atoms with Gasteiger partial charge in [-0.2, -0.15) is 10.1 Å². The average Bonchev–Trinajstić information content (AvgIpc) is 2.99. The van der Waals surface area contributed by atoms with E-state index in [2.05, 4.69) is 10.1 Å². The van der Waals surface area contributed by atoms with E-state index >= 15 is 0 Å². The van der Waals surface area contributed by atoms with Crippen LogP contribution in [0, 0.1) is 5.82 Å². The highest BCUT2D eigenvalue weighted by molar-refractivity contribution is 6.32. The number of halogens is 2. The largest absolute Gasteiger partial charge is 0.494 e. The minimum Gasteiger partial charge on any atom is -0.494 e. The van der Waals surface area contributed by atoms with Gasteiger partial charge in [-0.1, -0.05) is 17.7 Å². The van der Waals surface area contributed by atoms with Gasteiger partial charge in [-0.05, 0) is 55.5 Å². The van der Waals surface area contributed by atoms with Crippen LogP contribution >= 0.6 is 11.6 Å².